The summed E-state index contributed by atoms with van der Waals surface area (Å²) >= 11 is 5.22. The monoisotopic (exact) mass is 328 g/mol. The number of nitrogens with zero attached hydrogens (tertiary/aromatic N) is 1. The van der Waals surface area contributed by atoms with E-state index in [-0.39, 0.29) is 5.82 Å². The minimum absolute atomic E-state index is 0.182. The molecule has 0 atom stereocenters. The van der Waals surface area contributed by atoms with Gasteiger partial charge in [-0.3, -0.25) is 0 Å². The number of aryl methyl sites for hydroxylation is 1. The van der Waals surface area contributed by atoms with Gasteiger partial charge >= 0.3 is 0 Å². The molecular weight excluding hydrogens is 315 g/mol. The predicted molar refractivity (Wildman–Crippen MR) is 77.4 cm³/mol. The third-order valence-corrected chi connectivity index (χ3v) is 5.34. The largest absolute Gasteiger partial charge is 0.346 e. The lowest BCUT2D eigenvalue weighted by Gasteiger charge is -2.10. The maximum absolute atomic E-state index is 13.9. The molecular formula is C13H14BrFN2S. The van der Waals surface area contributed by atoms with Crippen molar-refractivity contribution in [1.29, 1.82) is 0 Å². The fraction of sp³-hybridized carbons (Fsp3) is 0.385. The van der Waals surface area contributed by atoms with Crippen LogP contribution in [0.2, 0.25) is 0 Å². The van der Waals surface area contributed by atoms with Crippen molar-refractivity contribution in [3.8, 4) is 0 Å². The molecule has 0 aliphatic carbocycles. The molecule has 0 amide bonds. The molecule has 96 valence electrons. The van der Waals surface area contributed by atoms with E-state index >= 15 is 0 Å². The second-order valence-electron chi connectivity index (χ2n) is 4.64. The first-order chi connectivity index (χ1) is 8.65. The molecule has 0 unspecified atom stereocenters. The van der Waals surface area contributed by atoms with Crippen molar-refractivity contribution in [2.75, 3.05) is 13.1 Å². The number of hydrogen-bond acceptors (Lipinski definition) is 2. The lowest BCUT2D eigenvalue weighted by molar-refractivity contribution is 0.585. The number of halogens is 2. The fourth-order valence-corrected chi connectivity index (χ4v) is 3.76. The second kappa shape index (κ2) is 4.87. The van der Waals surface area contributed by atoms with Crippen LogP contribution in [0.5, 0.6) is 0 Å². The van der Waals surface area contributed by atoms with Crippen molar-refractivity contribution in [3.05, 3.63) is 28.0 Å². The van der Waals surface area contributed by atoms with Crippen LogP contribution in [-0.2, 0) is 0 Å². The number of nitrogens with one attached hydrogen (secondary N) is 1. The Kier molecular flexibility index (Phi) is 3.38. The molecule has 0 saturated carbocycles. The first-order valence-corrected chi connectivity index (χ1v) is 7.62. The quantitative estimate of drug-likeness (QED) is 0.819. The normalized spacial score (nSPS) is 16.8. The van der Waals surface area contributed by atoms with Crippen LogP contribution in [0.4, 0.5) is 4.39 Å². The van der Waals surface area contributed by atoms with Crippen molar-refractivity contribution in [2.24, 2.45) is 0 Å². The summed E-state index contributed by atoms with van der Waals surface area (Å²) in [5, 5.41) is 1.94. The smallest absolute Gasteiger partial charge is 0.147 e. The third-order valence-electron chi connectivity index (χ3n) is 3.25. The highest BCUT2D eigenvalue weighted by Crippen LogP contribution is 2.34. The van der Waals surface area contributed by atoms with E-state index in [0.29, 0.717) is 5.52 Å². The van der Waals surface area contributed by atoms with E-state index in [9.17, 15) is 4.39 Å². The summed E-state index contributed by atoms with van der Waals surface area (Å²) in [7, 11) is 0. The molecule has 1 saturated heterocycles. The van der Waals surface area contributed by atoms with E-state index in [1.54, 1.807) is 18.0 Å². The fourth-order valence-electron chi connectivity index (χ4n) is 2.30. The van der Waals surface area contributed by atoms with E-state index in [1.807, 2.05) is 13.0 Å². The standard InChI is InChI=1S/C13H14BrFN2S/c1-8-6-10(15)13-9(12(8)14)7-11(16-13)18-17-4-2-3-5-17/h6-7,16H,2-5H2,1H3. The molecule has 1 aromatic heterocycles. The molecule has 0 radical (unpaired) electrons. The van der Waals surface area contributed by atoms with Gasteiger partial charge in [-0.2, -0.15) is 0 Å². The van der Waals surface area contributed by atoms with Gasteiger partial charge in [-0.25, -0.2) is 8.70 Å². The van der Waals surface area contributed by atoms with Gasteiger partial charge < -0.3 is 4.98 Å². The zero-order chi connectivity index (χ0) is 12.7. The summed E-state index contributed by atoms with van der Waals surface area (Å²) in [6.07, 6.45) is 2.51. The molecule has 18 heavy (non-hydrogen) atoms. The number of H-pyrrole nitrogens is 1. The lowest BCUT2D eigenvalue weighted by Crippen LogP contribution is -2.08. The van der Waals surface area contributed by atoms with Crippen molar-refractivity contribution in [3.63, 3.8) is 0 Å². The van der Waals surface area contributed by atoms with Gasteiger partial charge in [0.05, 0.1) is 10.5 Å². The van der Waals surface area contributed by atoms with Crippen LogP contribution >= 0.6 is 27.9 Å². The SMILES string of the molecule is Cc1cc(F)c2[nH]c(SN3CCCC3)cc2c1Br. The number of aromatic amines is 1. The van der Waals surface area contributed by atoms with Crippen LogP contribution in [0.15, 0.2) is 21.6 Å². The number of aromatic nitrogens is 1. The van der Waals surface area contributed by atoms with Crippen LogP contribution in [0.3, 0.4) is 0 Å². The number of hydrogen-bond donors (Lipinski definition) is 1. The Morgan fingerprint density at radius 2 is 2.06 bits per heavy atom. The molecule has 1 aliphatic rings. The van der Waals surface area contributed by atoms with Crippen LogP contribution in [0.25, 0.3) is 10.9 Å². The second-order valence-corrected chi connectivity index (χ2v) is 6.57. The molecule has 0 spiro atoms. The Morgan fingerprint density at radius 3 is 2.78 bits per heavy atom. The molecule has 0 bridgehead atoms. The van der Waals surface area contributed by atoms with Gasteiger partial charge in [-0.05, 0) is 65.3 Å². The van der Waals surface area contributed by atoms with Crippen molar-refractivity contribution in [2.45, 2.75) is 24.8 Å². The van der Waals surface area contributed by atoms with E-state index in [0.717, 1.165) is 33.5 Å². The first-order valence-electron chi connectivity index (χ1n) is 6.05. The number of benzene rings is 1. The zero-order valence-corrected chi connectivity index (χ0v) is 12.5. The Balaban J connectivity index is 1.99. The molecule has 5 heteroatoms. The summed E-state index contributed by atoms with van der Waals surface area (Å²) < 4.78 is 17.2. The lowest BCUT2D eigenvalue weighted by atomic mass is 10.2. The summed E-state index contributed by atoms with van der Waals surface area (Å²) in [5.74, 6) is -0.182. The molecule has 3 rings (SSSR count). The molecule has 1 aliphatic heterocycles. The molecule has 2 nitrogen and oxygen atoms in total. The molecule has 1 aromatic carbocycles. The molecule has 1 N–H and O–H groups in total. The van der Waals surface area contributed by atoms with Gasteiger partial charge in [0.25, 0.3) is 0 Å². The van der Waals surface area contributed by atoms with Crippen molar-refractivity contribution >= 4 is 38.8 Å². The Labute approximate surface area is 118 Å². The maximum Gasteiger partial charge on any atom is 0.147 e. The Bertz CT molecular complexity index is 590. The maximum atomic E-state index is 13.9. The Hall–Kier alpha value is -0.520. The van der Waals surface area contributed by atoms with Gasteiger partial charge in [-0.15, -0.1) is 0 Å². The zero-order valence-electron chi connectivity index (χ0n) is 10.1. The van der Waals surface area contributed by atoms with Crippen molar-refractivity contribution in [1.82, 2.24) is 9.29 Å². The molecule has 2 aromatic rings. The molecule has 1 fully saturated rings. The van der Waals surface area contributed by atoms with Crippen LogP contribution in [0, 0.1) is 12.7 Å². The molecule has 2 heterocycles. The van der Waals surface area contributed by atoms with E-state index in [4.69, 9.17) is 0 Å². The summed E-state index contributed by atoms with van der Waals surface area (Å²) in [5.41, 5.74) is 1.52. The summed E-state index contributed by atoms with van der Waals surface area (Å²) in [6.45, 7) is 4.14. The average molecular weight is 329 g/mol. The van der Waals surface area contributed by atoms with E-state index in [1.165, 1.54) is 12.8 Å². The van der Waals surface area contributed by atoms with Gasteiger partial charge in [-0.1, -0.05) is 0 Å². The average Bonchev–Trinajstić information content (AvgIpc) is 2.96. The minimum Gasteiger partial charge on any atom is -0.346 e. The van der Waals surface area contributed by atoms with Crippen LogP contribution in [-0.4, -0.2) is 22.4 Å². The number of fused-ring (bicyclic) bond motifs is 1. The Morgan fingerprint density at radius 1 is 1.33 bits per heavy atom. The third kappa shape index (κ3) is 2.19. The van der Waals surface area contributed by atoms with Gasteiger partial charge in [0.2, 0.25) is 0 Å². The predicted octanol–water partition coefficient (Wildman–Crippen LogP) is 4.48. The van der Waals surface area contributed by atoms with Crippen LogP contribution in [0.1, 0.15) is 18.4 Å². The minimum atomic E-state index is -0.182. The highest BCUT2D eigenvalue weighted by molar-refractivity contribution is 9.10. The topological polar surface area (TPSA) is 19.0 Å². The van der Waals surface area contributed by atoms with E-state index < -0.39 is 0 Å². The highest BCUT2D eigenvalue weighted by atomic mass is 79.9. The van der Waals surface area contributed by atoms with Crippen LogP contribution < -0.4 is 0 Å². The summed E-state index contributed by atoms with van der Waals surface area (Å²) in [6, 6.07) is 3.59. The number of rotatable bonds is 2. The van der Waals surface area contributed by atoms with Gasteiger partial charge in [0.1, 0.15) is 5.82 Å². The van der Waals surface area contributed by atoms with E-state index in [2.05, 4.69) is 25.2 Å². The highest BCUT2D eigenvalue weighted by Gasteiger charge is 2.16. The van der Waals surface area contributed by atoms with Crippen molar-refractivity contribution < 1.29 is 4.39 Å². The summed E-state index contributed by atoms with van der Waals surface area (Å²) in [4.78, 5) is 3.18. The van der Waals surface area contributed by atoms with Gasteiger partial charge in [0.15, 0.2) is 0 Å². The van der Waals surface area contributed by atoms with Gasteiger partial charge in [0, 0.05) is 22.9 Å². The first kappa shape index (κ1) is 12.5.